The largest absolute Gasteiger partial charge is 0.379 e. The van der Waals surface area contributed by atoms with Gasteiger partial charge in [0.25, 0.3) is 0 Å². The average Bonchev–Trinajstić information content (AvgIpc) is 2.32. The van der Waals surface area contributed by atoms with Crippen LogP contribution in [0.3, 0.4) is 0 Å². The van der Waals surface area contributed by atoms with Crippen molar-refractivity contribution in [2.45, 2.75) is 6.54 Å². The van der Waals surface area contributed by atoms with Gasteiger partial charge in [-0.15, -0.1) is 0 Å². The zero-order chi connectivity index (χ0) is 14.0. The highest BCUT2D eigenvalue weighted by Crippen LogP contribution is 2.34. The van der Waals surface area contributed by atoms with Crippen molar-refractivity contribution in [1.82, 2.24) is 0 Å². The molecule has 0 aliphatic rings. The van der Waals surface area contributed by atoms with Crippen LogP contribution in [0.2, 0.25) is 10.0 Å². The number of nitrogens with one attached hydrogen (secondary N) is 1. The second-order valence-corrected chi connectivity index (χ2v) is 5.58. The fraction of sp³-hybridized carbons (Fsp3) is 0.0769. The lowest BCUT2D eigenvalue weighted by Crippen LogP contribution is -2.01. The Hall–Kier alpha value is -0.840. The van der Waals surface area contributed by atoms with Crippen molar-refractivity contribution in [1.29, 1.82) is 0 Å². The second kappa shape index (κ2) is 6.07. The molecule has 2 aromatic rings. The van der Waals surface area contributed by atoms with Crippen molar-refractivity contribution < 1.29 is 8.78 Å². The molecule has 0 saturated carbocycles. The molecule has 0 radical (unpaired) electrons. The van der Waals surface area contributed by atoms with E-state index in [9.17, 15) is 8.78 Å². The Morgan fingerprint density at radius 3 is 2.21 bits per heavy atom. The molecule has 0 saturated heterocycles. The topological polar surface area (TPSA) is 12.0 Å². The number of halogens is 5. The van der Waals surface area contributed by atoms with Gasteiger partial charge in [0, 0.05) is 11.0 Å². The summed E-state index contributed by atoms with van der Waals surface area (Å²) in [5.41, 5.74) is 1.14. The predicted octanol–water partition coefficient (Wildman–Crippen LogP) is 5.65. The summed E-state index contributed by atoms with van der Waals surface area (Å²) in [5.74, 6) is -1.75. The molecule has 6 heteroatoms. The first-order valence-electron chi connectivity index (χ1n) is 5.29. The van der Waals surface area contributed by atoms with Gasteiger partial charge in [0.15, 0.2) is 11.6 Å². The van der Waals surface area contributed by atoms with E-state index in [4.69, 9.17) is 23.2 Å². The van der Waals surface area contributed by atoms with E-state index in [1.54, 1.807) is 12.1 Å². The summed E-state index contributed by atoms with van der Waals surface area (Å²) in [6.45, 7) is 0.290. The van der Waals surface area contributed by atoms with Crippen LogP contribution in [0.25, 0.3) is 0 Å². The van der Waals surface area contributed by atoms with Gasteiger partial charge in [-0.05, 0) is 29.8 Å². The van der Waals surface area contributed by atoms with Crippen molar-refractivity contribution in [3.05, 3.63) is 62.0 Å². The SMILES string of the molecule is Fc1ccc(CNc2c(Cl)cc(Br)cc2Cl)cc1F. The Balaban J connectivity index is 2.16. The maximum atomic E-state index is 13.1. The Morgan fingerprint density at radius 1 is 1.00 bits per heavy atom. The number of benzene rings is 2. The standard InChI is InChI=1S/C13H8BrCl2F2N/c14-8-4-9(15)13(10(16)5-8)19-6-7-1-2-11(17)12(18)3-7/h1-5,19H,6H2. The number of anilines is 1. The van der Waals surface area contributed by atoms with Crippen LogP contribution >= 0.6 is 39.1 Å². The van der Waals surface area contributed by atoms with Gasteiger partial charge < -0.3 is 5.32 Å². The summed E-state index contributed by atoms with van der Waals surface area (Å²) in [7, 11) is 0. The van der Waals surface area contributed by atoms with Crippen LogP contribution in [0, 0.1) is 11.6 Å². The predicted molar refractivity (Wildman–Crippen MR) is 77.8 cm³/mol. The summed E-state index contributed by atoms with van der Waals surface area (Å²) in [4.78, 5) is 0. The lowest BCUT2D eigenvalue weighted by atomic mass is 10.2. The van der Waals surface area contributed by atoms with Crippen molar-refractivity contribution in [3.63, 3.8) is 0 Å². The Bertz CT molecular complexity index is 597. The van der Waals surface area contributed by atoms with Gasteiger partial charge in [0.2, 0.25) is 0 Å². The first-order valence-corrected chi connectivity index (χ1v) is 6.84. The van der Waals surface area contributed by atoms with E-state index in [-0.39, 0.29) is 6.54 Å². The minimum atomic E-state index is -0.882. The maximum absolute atomic E-state index is 13.1. The molecule has 1 N–H and O–H groups in total. The Kier molecular flexibility index (Phi) is 4.66. The minimum Gasteiger partial charge on any atom is -0.379 e. The first kappa shape index (κ1) is 14.6. The molecule has 100 valence electrons. The molecule has 0 amide bonds. The van der Waals surface area contributed by atoms with Crippen molar-refractivity contribution in [2.24, 2.45) is 0 Å². The number of hydrogen-bond acceptors (Lipinski definition) is 1. The van der Waals surface area contributed by atoms with Gasteiger partial charge in [-0.1, -0.05) is 45.2 Å². The summed E-state index contributed by atoms with van der Waals surface area (Å²) < 4.78 is 26.6. The highest BCUT2D eigenvalue weighted by molar-refractivity contribution is 9.10. The Morgan fingerprint density at radius 2 is 1.63 bits per heavy atom. The number of rotatable bonds is 3. The van der Waals surface area contributed by atoms with Crippen LogP contribution in [-0.2, 0) is 6.54 Å². The molecule has 0 unspecified atom stereocenters. The lowest BCUT2D eigenvalue weighted by Gasteiger charge is -2.11. The van der Waals surface area contributed by atoms with Crippen LogP contribution < -0.4 is 5.32 Å². The molecule has 0 atom stereocenters. The lowest BCUT2D eigenvalue weighted by molar-refractivity contribution is 0.507. The monoisotopic (exact) mass is 365 g/mol. The maximum Gasteiger partial charge on any atom is 0.159 e. The molecule has 1 nitrogen and oxygen atoms in total. The van der Waals surface area contributed by atoms with E-state index in [0.29, 0.717) is 21.3 Å². The molecule has 0 aromatic heterocycles. The van der Waals surface area contributed by atoms with Crippen molar-refractivity contribution in [2.75, 3.05) is 5.32 Å². The van der Waals surface area contributed by atoms with Gasteiger partial charge in [-0.3, -0.25) is 0 Å². The van der Waals surface area contributed by atoms with Crippen LogP contribution in [-0.4, -0.2) is 0 Å². The van der Waals surface area contributed by atoms with Crippen molar-refractivity contribution >= 4 is 44.8 Å². The first-order chi connectivity index (χ1) is 8.97. The fourth-order valence-corrected chi connectivity index (χ4v) is 2.89. The van der Waals surface area contributed by atoms with Gasteiger partial charge in [-0.25, -0.2) is 8.78 Å². The highest BCUT2D eigenvalue weighted by atomic mass is 79.9. The van der Waals surface area contributed by atoms with Crippen molar-refractivity contribution in [3.8, 4) is 0 Å². The molecule has 0 aliphatic carbocycles. The molecular formula is C13H8BrCl2F2N. The normalized spacial score (nSPS) is 10.6. The van der Waals surface area contributed by atoms with E-state index in [2.05, 4.69) is 21.2 Å². The second-order valence-electron chi connectivity index (χ2n) is 3.85. The van der Waals surface area contributed by atoms with E-state index in [1.807, 2.05) is 0 Å². The quantitative estimate of drug-likeness (QED) is 0.740. The third-order valence-corrected chi connectivity index (χ3v) is 3.51. The molecule has 19 heavy (non-hydrogen) atoms. The molecule has 0 spiro atoms. The van der Waals surface area contributed by atoms with Gasteiger partial charge in [0.1, 0.15) is 0 Å². The van der Waals surface area contributed by atoms with Crippen LogP contribution in [0.1, 0.15) is 5.56 Å². The third-order valence-electron chi connectivity index (χ3n) is 2.46. The van der Waals surface area contributed by atoms with E-state index >= 15 is 0 Å². The fourth-order valence-electron chi connectivity index (χ4n) is 1.55. The molecule has 0 aliphatic heterocycles. The molecule has 0 heterocycles. The molecule has 0 bridgehead atoms. The minimum absolute atomic E-state index is 0.290. The van der Waals surface area contributed by atoms with Crippen LogP contribution in [0.15, 0.2) is 34.8 Å². The molecular weight excluding hydrogens is 359 g/mol. The molecule has 2 aromatic carbocycles. The molecule has 2 rings (SSSR count). The van der Waals surface area contributed by atoms with Gasteiger partial charge >= 0.3 is 0 Å². The smallest absolute Gasteiger partial charge is 0.159 e. The van der Waals surface area contributed by atoms with E-state index in [1.165, 1.54) is 6.07 Å². The van der Waals surface area contributed by atoms with Gasteiger partial charge in [-0.2, -0.15) is 0 Å². The van der Waals surface area contributed by atoms with Crippen LogP contribution in [0.5, 0.6) is 0 Å². The Labute approximate surface area is 127 Å². The average molecular weight is 367 g/mol. The van der Waals surface area contributed by atoms with E-state index < -0.39 is 11.6 Å². The zero-order valence-electron chi connectivity index (χ0n) is 9.48. The summed E-state index contributed by atoms with van der Waals surface area (Å²) in [5, 5.41) is 3.89. The highest BCUT2D eigenvalue weighted by Gasteiger charge is 2.08. The molecule has 0 fully saturated rings. The van der Waals surface area contributed by atoms with E-state index in [0.717, 1.165) is 16.6 Å². The third kappa shape index (κ3) is 3.59. The summed E-state index contributed by atoms with van der Waals surface area (Å²) in [6.07, 6.45) is 0. The zero-order valence-corrected chi connectivity index (χ0v) is 12.6. The summed E-state index contributed by atoms with van der Waals surface area (Å²) >= 11 is 15.4. The number of hydrogen-bond donors (Lipinski definition) is 1. The van der Waals surface area contributed by atoms with Gasteiger partial charge in [0.05, 0.1) is 15.7 Å². The summed E-state index contributed by atoms with van der Waals surface area (Å²) in [6, 6.07) is 7.09. The van der Waals surface area contributed by atoms with Crippen LogP contribution in [0.4, 0.5) is 14.5 Å².